The summed E-state index contributed by atoms with van der Waals surface area (Å²) in [5.41, 5.74) is 4.98. The molecule has 0 bridgehead atoms. The molecule has 0 N–H and O–H groups in total. The van der Waals surface area contributed by atoms with Gasteiger partial charge in [0.1, 0.15) is 0 Å². The molecule has 2 aliphatic carbocycles. The van der Waals surface area contributed by atoms with Gasteiger partial charge in [-0.2, -0.15) is 0 Å². The van der Waals surface area contributed by atoms with Gasteiger partial charge in [-0.05, 0) is 48.9 Å². The van der Waals surface area contributed by atoms with Crippen molar-refractivity contribution in [3.8, 4) is 0 Å². The van der Waals surface area contributed by atoms with Crippen LogP contribution in [-0.4, -0.2) is 82.1 Å². The third kappa shape index (κ3) is 6.40. The SMILES string of the molecule is COC(=O)n1c2c(c3ccccc31)CC1C(=O)N(CCCCCCCCCCCCN3C(=O)C4Cc5c(n(C(=O)OC)c6ccccc56)CC4C3=O)C(=O)C1C2. The second-order valence-electron chi connectivity index (χ2n) is 15.9. The lowest BCUT2D eigenvalue weighted by atomic mass is 9.79. The van der Waals surface area contributed by atoms with Crippen molar-refractivity contribution in [2.24, 2.45) is 23.7 Å². The molecule has 4 aliphatic rings. The predicted molar refractivity (Wildman–Crippen MR) is 208 cm³/mol. The highest BCUT2D eigenvalue weighted by molar-refractivity contribution is 6.07. The van der Waals surface area contributed by atoms with Crippen LogP contribution >= 0.6 is 0 Å². The Labute approximate surface area is 326 Å². The highest BCUT2D eigenvalue weighted by atomic mass is 16.5. The third-order valence-electron chi connectivity index (χ3n) is 12.9. The van der Waals surface area contributed by atoms with E-state index in [1.807, 2.05) is 48.5 Å². The first-order chi connectivity index (χ1) is 27.2. The highest BCUT2D eigenvalue weighted by Gasteiger charge is 2.52. The molecule has 0 spiro atoms. The fourth-order valence-corrected chi connectivity index (χ4v) is 10.1. The number of rotatable bonds is 13. The Morgan fingerprint density at radius 1 is 0.500 bits per heavy atom. The molecule has 4 aromatic rings. The van der Waals surface area contributed by atoms with Crippen molar-refractivity contribution in [1.29, 1.82) is 0 Å². The minimum absolute atomic E-state index is 0.0872. The van der Waals surface area contributed by atoms with Gasteiger partial charge in [0.2, 0.25) is 23.6 Å². The van der Waals surface area contributed by atoms with Crippen LogP contribution < -0.4 is 0 Å². The van der Waals surface area contributed by atoms with Crippen LogP contribution in [0.3, 0.4) is 0 Å². The molecule has 2 aromatic heterocycles. The van der Waals surface area contributed by atoms with E-state index in [9.17, 15) is 28.8 Å². The monoisotopic (exact) mass is 762 g/mol. The summed E-state index contributed by atoms with van der Waals surface area (Å²) in [5, 5.41) is 1.86. The number of nitrogens with zero attached hydrogens (tertiary/aromatic N) is 4. The molecule has 4 heterocycles. The van der Waals surface area contributed by atoms with Gasteiger partial charge in [0.15, 0.2) is 0 Å². The van der Waals surface area contributed by atoms with Gasteiger partial charge in [-0.15, -0.1) is 0 Å². The van der Waals surface area contributed by atoms with Crippen LogP contribution in [0.1, 0.15) is 86.7 Å². The van der Waals surface area contributed by atoms with Gasteiger partial charge < -0.3 is 9.47 Å². The standard InChI is InChI=1S/C44H50N4O8/c1-55-43(53)47-35-19-13-11-17-27(35)29-23-31-33(25-37(29)47)41(51)45(39(31)49)21-15-9-7-5-3-4-6-8-10-16-22-46-40(50)32-24-30-28-18-12-14-20-36(28)48(44(54)56-2)38(30)26-34(32)42(46)52/h11-14,17-20,31-34H,3-10,15-16,21-26H2,1-2H3. The van der Waals surface area contributed by atoms with E-state index in [-0.39, 0.29) is 35.5 Å². The lowest BCUT2D eigenvalue weighted by Crippen LogP contribution is -2.32. The Balaban J connectivity index is 0.723. The lowest BCUT2D eigenvalue weighted by molar-refractivity contribution is -0.141. The van der Waals surface area contributed by atoms with Gasteiger partial charge in [-0.1, -0.05) is 87.8 Å². The highest BCUT2D eigenvalue weighted by Crippen LogP contribution is 2.43. The van der Waals surface area contributed by atoms with Crippen molar-refractivity contribution in [3.05, 3.63) is 71.0 Å². The summed E-state index contributed by atoms with van der Waals surface area (Å²) >= 11 is 0. The number of benzene rings is 2. The van der Waals surface area contributed by atoms with E-state index < -0.39 is 24.0 Å². The maximum atomic E-state index is 13.4. The first kappa shape index (κ1) is 37.7. The summed E-state index contributed by atoms with van der Waals surface area (Å²) in [6, 6.07) is 15.3. The number of hydrogen-bond donors (Lipinski definition) is 0. The molecule has 8 rings (SSSR count). The van der Waals surface area contributed by atoms with Crippen LogP contribution in [-0.2, 0) is 54.3 Å². The van der Waals surface area contributed by atoms with Gasteiger partial charge in [0, 0.05) is 48.1 Å². The number of amides is 4. The molecule has 4 amide bonds. The zero-order valence-electron chi connectivity index (χ0n) is 32.3. The number of likely N-dealkylation sites (tertiary alicyclic amines) is 2. The van der Waals surface area contributed by atoms with Crippen molar-refractivity contribution in [2.45, 2.75) is 89.9 Å². The number of ether oxygens (including phenoxy) is 2. The van der Waals surface area contributed by atoms with Crippen LogP contribution in [0.2, 0.25) is 0 Å². The molecule has 2 saturated heterocycles. The van der Waals surface area contributed by atoms with E-state index >= 15 is 0 Å². The number of aromatic nitrogens is 2. The summed E-state index contributed by atoms with van der Waals surface area (Å²) in [7, 11) is 2.70. The van der Waals surface area contributed by atoms with Crippen LogP contribution in [0, 0.1) is 23.7 Å². The fourth-order valence-electron chi connectivity index (χ4n) is 10.1. The molecule has 12 nitrogen and oxygen atoms in total. The minimum Gasteiger partial charge on any atom is -0.452 e. The van der Waals surface area contributed by atoms with Crippen molar-refractivity contribution < 1.29 is 38.2 Å². The van der Waals surface area contributed by atoms with E-state index in [0.717, 1.165) is 109 Å². The van der Waals surface area contributed by atoms with Gasteiger partial charge in [-0.25, -0.2) is 18.7 Å². The van der Waals surface area contributed by atoms with Crippen LogP contribution in [0.4, 0.5) is 9.59 Å². The number of hydrogen-bond acceptors (Lipinski definition) is 8. The van der Waals surface area contributed by atoms with Crippen molar-refractivity contribution in [2.75, 3.05) is 27.3 Å². The number of carbonyl (C=O) groups is 6. The van der Waals surface area contributed by atoms with Crippen LogP contribution in [0.15, 0.2) is 48.5 Å². The van der Waals surface area contributed by atoms with Crippen molar-refractivity contribution >= 4 is 57.6 Å². The molecule has 0 radical (unpaired) electrons. The number of carbonyl (C=O) groups excluding carboxylic acids is 6. The zero-order chi connectivity index (χ0) is 39.1. The summed E-state index contributed by atoms with van der Waals surface area (Å²) in [6.07, 6.45) is 10.7. The number of unbranched alkanes of at least 4 members (excludes halogenated alkanes) is 9. The summed E-state index contributed by atoms with van der Waals surface area (Å²) in [4.78, 5) is 82.1. The predicted octanol–water partition coefficient (Wildman–Crippen LogP) is 6.83. The Hall–Kier alpha value is -5.26. The van der Waals surface area contributed by atoms with Crippen LogP contribution in [0.25, 0.3) is 21.8 Å². The Morgan fingerprint density at radius 2 is 0.821 bits per heavy atom. The second kappa shape index (κ2) is 15.7. The van der Waals surface area contributed by atoms with E-state index in [0.29, 0.717) is 38.8 Å². The molecule has 2 aliphatic heterocycles. The molecule has 12 heteroatoms. The summed E-state index contributed by atoms with van der Waals surface area (Å²) in [5.74, 6) is -2.08. The molecule has 4 unspecified atom stereocenters. The maximum Gasteiger partial charge on any atom is 0.418 e. The number of fused-ring (bicyclic) bond motifs is 8. The van der Waals surface area contributed by atoms with Gasteiger partial charge in [0.25, 0.3) is 0 Å². The Morgan fingerprint density at radius 3 is 1.18 bits per heavy atom. The average Bonchev–Trinajstić information content (AvgIpc) is 3.87. The number of imide groups is 2. The average molecular weight is 763 g/mol. The molecular formula is C44H50N4O8. The molecular weight excluding hydrogens is 713 g/mol. The van der Waals surface area contributed by atoms with Gasteiger partial charge >= 0.3 is 12.2 Å². The van der Waals surface area contributed by atoms with Gasteiger partial charge in [-0.3, -0.25) is 29.0 Å². The molecule has 2 fully saturated rings. The molecule has 4 atom stereocenters. The summed E-state index contributed by atoms with van der Waals surface area (Å²) in [6.45, 7) is 0.879. The normalized spacial score (nSPS) is 21.5. The first-order valence-corrected chi connectivity index (χ1v) is 20.3. The smallest absolute Gasteiger partial charge is 0.418 e. The largest absolute Gasteiger partial charge is 0.452 e. The number of methoxy groups -OCH3 is 2. The van der Waals surface area contributed by atoms with Gasteiger partial charge in [0.05, 0.1) is 48.9 Å². The topological polar surface area (TPSA) is 137 Å². The van der Waals surface area contributed by atoms with Crippen LogP contribution in [0.5, 0.6) is 0 Å². The molecule has 2 aromatic carbocycles. The Kier molecular flexibility index (Phi) is 10.6. The third-order valence-corrected chi connectivity index (χ3v) is 12.9. The first-order valence-electron chi connectivity index (χ1n) is 20.3. The fraction of sp³-hybridized carbons (Fsp3) is 0.500. The second-order valence-corrected chi connectivity index (χ2v) is 15.9. The lowest BCUT2D eigenvalue weighted by Gasteiger charge is -2.23. The Bertz CT molecular complexity index is 2080. The maximum absolute atomic E-state index is 13.4. The molecule has 294 valence electrons. The number of para-hydroxylation sites is 2. The van der Waals surface area contributed by atoms with Crippen molar-refractivity contribution in [1.82, 2.24) is 18.9 Å². The minimum atomic E-state index is -0.481. The van der Waals surface area contributed by atoms with Crippen molar-refractivity contribution in [3.63, 3.8) is 0 Å². The molecule has 56 heavy (non-hydrogen) atoms. The zero-order valence-corrected chi connectivity index (χ0v) is 32.3. The summed E-state index contributed by atoms with van der Waals surface area (Å²) < 4.78 is 13.3. The van der Waals surface area contributed by atoms with E-state index in [2.05, 4.69) is 0 Å². The molecule has 0 saturated carbocycles. The van der Waals surface area contributed by atoms with E-state index in [1.165, 1.54) is 24.0 Å². The quantitative estimate of drug-likeness (QED) is 0.107. The van der Waals surface area contributed by atoms with E-state index in [4.69, 9.17) is 9.47 Å². The van der Waals surface area contributed by atoms with E-state index in [1.54, 1.807) is 9.13 Å².